The van der Waals surface area contributed by atoms with E-state index in [1.54, 1.807) is 14.2 Å². The number of likely N-dealkylation sites (N-methyl/N-ethyl adjacent to an activating group) is 1. The molecule has 0 saturated carbocycles. The first kappa shape index (κ1) is 23.8. The average molecular weight is 441 g/mol. The molecule has 0 bridgehead atoms. The van der Waals surface area contributed by atoms with Gasteiger partial charge in [0.25, 0.3) is 0 Å². The molecular formula is C24H36N6O2. The van der Waals surface area contributed by atoms with Crippen molar-refractivity contribution >= 4 is 17.5 Å². The molecule has 1 aliphatic rings. The molecule has 1 aromatic heterocycles. The molecule has 0 unspecified atom stereocenters. The van der Waals surface area contributed by atoms with Crippen molar-refractivity contribution in [2.24, 2.45) is 4.99 Å². The van der Waals surface area contributed by atoms with Crippen LogP contribution in [0.15, 0.2) is 47.6 Å². The Bertz CT molecular complexity index is 835. The van der Waals surface area contributed by atoms with Crippen LogP contribution in [0, 0.1) is 0 Å². The minimum atomic E-state index is 0.627. The maximum atomic E-state index is 5.77. The zero-order valence-electron chi connectivity index (χ0n) is 19.5. The van der Waals surface area contributed by atoms with E-state index in [-0.39, 0.29) is 0 Å². The van der Waals surface area contributed by atoms with Crippen LogP contribution in [-0.2, 0) is 11.3 Å². The molecule has 1 fully saturated rings. The van der Waals surface area contributed by atoms with E-state index in [2.05, 4.69) is 49.5 Å². The van der Waals surface area contributed by atoms with Crippen molar-refractivity contribution in [3.8, 4) is 5.75 Å². The second-order valence-corrected chi connectivity index (χ2v) is 7.72. The molecule has 1 saturated heterocycles. The quantitative estimate of drug-likeness (QED) is 0.334. The second kappa shape index (κ2) is 12.9. The van der Waals surface area contributed by atoms with Gasteiger partial charge < -0.3 is 29.9 Å². The summed E-state index contributed by atoms with van der Waals surface area (Å²) in [6.07, 6.45) is 2.80. The van der Waals surface area contributed by atoms with Gasteiger partial charge in [-0.25, -0.2) is 4.98 Å². The van der Waals surface area contributed by atoms with Gasteiger partial charge in [-0.05, 0) is 30.3 Å². The Hall–Kier alpha value is -2.84. The lowest BCUT2D eigenvalue weighted by Gasteiger charge is -2.34. The Morgan fingerprint density at radius 2 is 1.97 bits per heavy atom. The first-order chi connectivity index (χ1) is 15.7. The molecule has 8 nitrogen and oxygen atoms in total. The fourth-order valence-corrected chi connectivity index (χ4v) is 3.56. The molecule has 1 aliphatic heterocycles. The number of hydrogen-bond donors (Lipinski definition) is 2. The molecule has 1 aromatic carbocycles. The normalized spacial score (nSPS) is 15.0. The number of aliphatic imine (C=N–C) groups is 1. The summed E-state index contributed by atoms with van der Waals surface area (Å²) in [5, 5.41) is 6.66. The molecule has 174 valence electrons. The van der Waals surface area contributed by atoms with Gasteiger partial charge >= 0.3 is 0 Å². The van der Waals surface area contributed by atoms with E-state index in [1.807, 2.05) is 30.5 Å². The summed E-state index contributed by atoms with van der Waals surface area (Å²) in [6, 6.07) is 12.1. The highest BCUT2D eigenvalue weighted by molar-refractivity contribution is 5.93. The van der Waals surface area contributed by atoms with Crippen LogP contribution in [0.1, 0.15) is 18.9 Å². The van der Waals surface area contributed by atoms with Crippen molar-refractivity contribution in [2.45, 2.75) is 19.9 Å². The molecular weight excluding hydrogens is 404 g/mol. The van der Waals surface area contributed by atoms with Crippen LogP contribution in [-0.4, -0.2) is 75.9 Å². The monoisotopic (exact) mass is 440 g/mol. The maximum Gasteiger partial charge on any atom is 0.195 e. The first-order valence-corrected chi connectivity index (χ1v) is 11.3. The topological polar surface area (TPSA) is 74.2 Å². The Balaban J connectivity index is 1.47. The largest absolute Gasteiger partial charge is 0.493 e. The summed E-state index contributed by atoms with van der Waals surface area (Å²) in [7, 11) is 3.46. The van der Waals surface area contributed by atoms with Crippen molar-refractivity contribution in [2.75, 3.05) is 70.3 Å². The smallest absolute Gasteiger partial charge is 0.195 e. The van der Waals surface area contributed by atoms with Crippen LogP contribution < -0.4 is 20.3 Å². The summed E-state index contributed by atoms with van der Waals surface area (Å²) in [6.45, 7) is 9.56. The van der Waals surface area contributed by atoms with Crippen molar-refractivity contribution in [1.29, 1.82) is 0 Å². The fraction of sp³-hybridized carbons (Fsp3) is 0.500. The van der Waals surface area contributed by atoms with Crippen molar-refractivity contribution in [3.63, 3.8) is 0 Å². The lowest BCUT2D eigenvalue weighted by molar-refractivity contribution is 0.172. The number of anilines is 2. The zero-order valence-corrected chi connectivity index (χ0v) is 19.5. The molecule has 32 heavy (non-hydrogen) atoms. The van der Waals surface area contributed by atoms with E-state index in [1.165, 1.54) is 0 Å². The number of aromatic nitrogens is 1. The van der Waals surface area contributed by atoms with E-state index in [0.717, 1.165) is 62.0 Å². The van der Waals surface area contributed by atoms with Crippen LogP contribution in [0.25, 0.3) is 0 Å². The number of ether oxygens (including phenoxy) is 2. The number of piperazine rings is 1. The molecule has 0 aliphatic carbocycles. The molecule has 3 rings (SSSR count). The third kappa shape index (κ3) is 7.39. The van der Waals surface area contributed by atoms with Crippen molar-refractivity contribution in [3.05, 3.63) is 48.2 Å². The SMILES string of the molecule is CCN1CCN(c2ccc(CNC(=NC)Nc3cccc(OCCCOC)c3)cn2)CC1. The Kier molecular flexibility index (Phi) is 9.59. The number of rotatable bonds is 10. The first-order valence-electron chi connectivity index (χ1n) is 11.3. The van der Waals surface area contributed by atoms with Gasteiger partial charge in [-0.1, -0.05) is 19.1 Å². The Labute approximate surface area is 191 Å². The summed E-state index contributed by atoms with van der Waals surface area (Å²) in [5.41, 5.74) is 2.03. The highest BCUT2D eigenvalue weighted by Crippen LogP contribution is 2.18. The highest BCUT2D eigenvalue weighted by atomic mass is 16.5. The number of hydrogen-bond acceptors (Lipinski definition) is 6. The van der Waals surface area contributed by atoms with Crippen LogP contribution in [0.5, 0.6) is 5.75 Å². The summed E-state index contributed by atoms with van der Waals surface area (Å²) in [5.74, 6) is 2.57. The minimum Gasteiger partial charge on any atom is -0.493 e. The number of nitrogens with one attached hydrogen (secondary N) is 2. The predicted octanol–water partition coefficient (Wildman–Crippen LogP) is 2.83. The third-order valence-corrected chi connectivity index (χ3v) is 5.49. The number of benzene rings is 1. The second-order valence-electron chi connectivity index (χ2n) is 7.72. The molecule has 2 N–H and O–H groups in total. The van der Waals surface area contributed by atoms with Crippen molar-refractivity contribution in [1.82, 2.24) is 15.2 Å². The predicted molar refractivity (Wildman–Crippen MR) is 131 cm³/mol. The number of nitrogens with zero attached hydrogens (tertiary/aromatic N) is 4. The standard InChI is InChI=1S/C24H36N6O2/c1-4-29-11-13-30(14-12-29)23-10-9-20(18-26-23)19-27-24(25-2)28-21-7-5-8-22(17-21)32-16-6-15-31-3/h5,7-10,17-18H,4,6,11-16,19H2,1-3H3,(H2,25,27,28). The van der Waals surface area contributed by atoms with Crippen LogP contribution >= 0.6 is 0 Å². The van der Waals surface area contributed by atoms with E-state index >= 15 is 0 Å². The van der Waals surface area contributed by atoms with Crippen LogP contribution in [0.2, 0.25) is 0 Å². The van der Waals surface area contributed by atoms with Gasteiger partial charge in [0.05, 0.1) is 6.61 Å². The van der Waals surface area contributed by atoms with Gasteiger partial charge in [-0.2, -0.15) is 0 Å². The van der Waals surface area contributed by atoms with Crippen LogP contribution in [0.3, 0.4) is 0 Å². The van der Waals surface area contributed by atoms with Gasteiger partial charge in [0.15, 0.2) is 5.96 Å². The van der Waals surface area contributed by atoms with E-state index in [9.17, 15) is 0 Å². The summed E-state index contributed by atoms with van der Waals surface area (Å²) in [4.78, 5) is 13.8. The molecule has 0 atom stereocenters. The lowest BCUT2D eigenvalue weighted by Crippen LogP contribution is -2.46. The van der Waals surface area contributed by atoms with Gasteiger partial charge in [-0.15, -0.1) is 0 Å². The van der Waals surface area contributed by atoms with E-state index in [0.29, 0.717) is 25.7 Å². The van der Waals surface area contributed by atoms with Crippen molar-refractivity contribution < 1.29 is 9.47 Å². The maximum absolute atomic E-state index is 5.77. The van der Waals surface area contributed by atoms with Gasteiger partial charge in [0.1, 0.15) is 11.6 Å². The molecule has 2 heterocycles. The Morgan fingerprint density at radius 1 is 1.12 bits per heavy atom. The van der Waals surface area contributed by atoms with E-state index < -0.39 is 0 Å². The van der Waals surface area contributed by atoms with Crippen LogP contribution in [0.4, 0.5) is 11.5 Å². The summed E-state index contributed by atoms with van der Waals surface area (Å²) < 4.78 is 10.8. The third-order valence-electron chi connectivity index (χ3n) is 5.49. The molecule has 8 heteroatoms. The molecule has 0 radical (unpaired) electrons. The molecule has 0 amide bonds. The average Bonchev–Trinajstić information content (AvgIpc) is 2.85. The molecule has 0 spiro atoms. The fourth-order valence-electron chi connectivity index (χ4n) is 3.56. The van der Waals surface area contributed by atoms with Gasteiger partial charge in [0, 0.05) is 77.9 Å². The van der Waals surface area contributed by atoms with Gasteiger partial charge in [-0.3, -0.25) is 4.99 Å². The number of guanidine groups is 1. The lowest BCUT2D eigenvalue weighted by atomic mass is 10.2. The number of pyridine rings is 1. The highest BCUT2D eigenvalue weighted by Gasteiger charge is 2.16. The van der Waals surface area contributed by atoms with Gasteiger partial charge in [0.2, 0.25) is 0 Å². The number of methoxy groups -OCH3 is 1. The zero-order chi connectivity index (χ0) is 22.6. The Morgan fingerprint density at radius 3 is 2.66 bits per heavy atom. The summed E-state index contributed by atoms with van der Waals surface area (Å²) >= 11 is 0. The van der Waals surface area contributed by atoms with E-state index in [4.69, 9.17) is 9.47 Å². The molecule has 2 aromatic rings. The minimum absolute atomic E-state index is 0.627.